The van der Waals surface area contributed by atoms with Crippen molar-refractivity contribution < 1.29 is 0 Å². The topological polar surface area (TPSA) is 50.9 Å². The number of nitrogens with zero attached hydrogens (tertiary/aromatic N) is 1. The van der Waals surface area contributed by atoms with Crippen LogP contribution in [0.4, 0.5) is 0 Å². The van der Waals surface area contributed by atoms with E-state index in [9.17, 15) is 0 Å². The van der Waals surface area contributed by atoms with Crippen molar-refractivity contribution in [3.63, 3.8) is 0 Å². The van der Waals surface area contributed by atoms with Crippen LogP contribution in [0.25, 0.3) is 0 Å². The molecule has 2 aromatic rings. The zero-order valence-corrected chi connectivity index (χ0v) is 11.6. The summed E-state index contributed by atoms with van der Waals surface area (Å²) in [6.45, 7) is 4.14. The molecule has 0 aliphatic carbocycles. The summed E-state index contributed by atoms with van der Waals surface area (Å²) in [6, 6.07) is 8.78. The number of aromatic nitrogens is 1. The van der Waals surface area contributed by atoms with Crippen molar-refractivity contribution in [3.05, 3.63) is 51.5 Å². The third-order valence-electron chi connectivity index (χ3n) is 2.92. The molecule has 1 heterocycles. The number of nitrogens with one attached hydrogen (secondary N) is 1. The Morgan fingerprint density at radius 2 is 2.17 bits per heavy atom. The van der Waals surface area contributed by atoms with Crippen LogP contribution < -0.4 is 11.3 Å². The van der Waals surface area contributed by atoms with E-state index in [0.29, 0.717) is 0 Å². The minimum absolute atomic E-state index is 0.230. The van der Waals surface area contributed by atoms with Gasteiger partial charge in [-0.2, -0.15) is 0 Å². The van der Waals surface area contributed by atoms with Crippen molar-refractivity contribution in [1.82, 2.24) is 10.4 Å². The van der Waals surface area contributed by atoms with Crippen molar-refractivity contribution in [2.75, 3.05) is 0 Å². The lowest BCUT2D eigenvalue weighted by Crippen LogP contribution is -2.38. The van der Waals surface area contributed by atoms with Crippen molar-refractivity contribution in [2.45, 2.75) is 32.7 Å². The van der Waals surface area contributed by atoms with E-state index in [0.717, 1.165) is 23.5 Å². The summed E-state index contributed by atoms with van der Waals surface area (Å²) in [5.41, 5.74) is 6.61. The first-order valence-corrected chi connectivity index (χ1v) is 6.98. The number of thiazole rings is 1. The molecule has 3 N–H and O–H groups in total. The van der Waals surface area contributed by atoms with E-state index in [1.54, 1.807) is 11.3 Å². The first kappa shape index (κ1) is 13.2. The maximum Gasteiger partial charge on any atom is 0.0897 e. The van der Waals surface area contributed by atoms with Gasteiger partial charge in [-0.05, 0) is 25.8 Å². The number of benzene rings is 1. The number of nitrogens with two attached hydrogens (primary N) is 1. The second-order valence-electron chi connectivity index (χ2n) is 4.62. The molecule has 2 rings (SSSR count). The molecule has 0 spiro atoms. The minimum Gasteiger partial charge on any atom is -0.271 e. The summed E-state index contributed by atoms with van der Waals surface area (Å²) in [4.78, 5) is 4.48. The lowest BCUT2D eigenvalue weighted by atomic mass is 10.0. The van der Waals surface area contributed by atoms with Gasteiger partial charge in [-0.25, -0.2) is 4.98 Å². The molecule has 3 nitrogen and oxygen atoms in total. The number of hydrogen-bond acceptors (Lipinski definition) is 4. The Kier molecular flexibility index (Phi) is 4.47. The smallest absolute Gasteiger partial charge is 0.0897 e. The molecule has 0 saturated carbocycles. The summed E-state index contributed by atoms with van der Waals surface area (Å²) in [7, 11) is 0. The van der Waals surface area contributed by atoms with Gasteiger partial charge in [-0.1, -0.05) is 29.8 Å². The highest BCUT2D eigenvalue weighted by Gasteiger charge is 2.10. The number of hydrogen-bond donors (Lipinski definition) is 2. The highest BCUT2D eigenvalue weighted by atomic mass is 32.1. The van der Waals surface area contributed by atoms with E-state index < -0.39 is 0 Å². The maximum atomic E-state index is 5.64. The van der Waals surface area contributed by atoms with Gasteiger partial charge in [0, 0.05) is 17.8 Å². The highest BCUT2D eigenvalue weighted by molar-refractivity contribution is 7.09. The summed E-state index contributed by atoms with van der Waals surface area (Å²) < 4.78 is 0. The van der Waals surface area contributed by atoms with E-state index in [1.807, 2.05) is 6.92 Å². The van der Waals surface area contributed by atoms with Crippen LogP contribution in [0.5, 0.6) is 0 Å². The molecule has 0 radical (unpaired) electrons. The Balaban J connectivity index is 2.01. The van der Waals surface area contributed by atoms with Crippen LogP contribution >= 0.6 is 11.3 Å². The molecule has 0 aliphatic rings. The molecule has 0 aliphatic heterocycles. The summed E-state index contributed by atoms with van der Waals surface area (Å²) in [6.07, 6.45) is 1.80. The van der Waals surface area contributed by atoms with Crippen molar-refractivity contribution in [1.29, 1.82) is 0 Å². The highest BCUT2D eigenvalue weighted by Crippen LogP contribution is 2.13. The van der Waals surface area contributed by atoms with E-state index in [1.165, 1.54) is 11.1 Å². The van der Waals surface area contributed by atoms with Gasteiger partial charge in [0.25, 0.3) is 0 Å². The Morgan fingerprint density at radius 1 is 1.33 bits per heavy atom. The quantitative estimate of drug-likeness (QED) is 0.642. The van der Waals surface area contributed by atoms with Crippen molar-refractivity contribution >= 4 is 11.3 Å². The first-order valence-electron chi connectivity index (χ1n) is 6.10. The number of rotatable bonds is 5. The SMILES string of the molecule is Cc1cccc(CC(Cc2csc(C)n2)NN)c1. The van der Waals surface area contributed by atoms with Gasteiger partial charge < -0.3 is 0 Å². The van der Waals surface area contributed by atoms with E-state index in [-0.39, 0.29) is 6.04 Å². The molecule has 1 aromatic heterocycles. The van der Waals surface area contributed by atoms with Crippen LogP contribution in [-0.2, 0) is 12.8 Å². The average molecular weight is 261 g/mol. The number of aryl methyl sites for hydroxylation is 2. The van der Waals surface area contributed by atoms with Gasteiger partial charge in [-0.3, -0.25) is 11.3 Å². The molecule has 0 saturated heterocycles. The zero-order chi connectivity index (χ0) is 13.0. The summed E-state index contributed by atoms with van der Waals surface area (Å²) >= 11 is 1.69. The molecule has 18 heavy (non-hydrogen) atoms. The largest absolute Gasteiger partial charge is 0.271 e. The van der Waals surface area contributed by atoms with E-state index >= 15 is 0 Å². The molecule has 0 bridgehead atoms. The molecule has 96 valence electrons. The van der Waals surface area contributed by atoms with E-state index in [4.69, 9.17) is 5.84 Å². The predicted octanol–water partition coefficient (Wildman–Crippen LogP) is 2.38. The monoisotopic (exact) mass is 261 g/mol. The average Bonchev–Trinajstić information content (AvgIpc) is 2.74. The van der Waals surface area contributed by atoms with Crippen molar-refractivity contribution in [3.8, 4) is 0 Å². The van der Waals surface area contributed by atoms with Gasteiger partial charge >= 0.3 is 0 Å². The molecule has 0 amide bonds. The lowest BCUT2D eigenvalue weighted by Gasteiger charge is -2.15. The molecular weight excluding hydrogens is 242 g/mol. The fourth-order valence-electron chi connectivity index (χ4n) is 2.07. The lowest BCUT2D eigenvalue weighted by molar-refractivity contribution is 0.518. The third kappa shape index (κ3) is 3.63. The summed E-state index contributed by atoms with van der Waals surface area (Å²) in [5, 5.41) is 3.21. The molecule has 1 unspecified atom stereocenters. The Morgan fingerprint density at radius 3 is 2.78 bits per heavy atom. The van der Waals surface area contributed by atoms with Gasteiger partial charge in [0.1, 0.15) is 0 Å². The van der Waals surface area contributed by atoms with Gasteiger partial charge in [0.05, 0.1) is 10.7 Å². The zero-order valence-electron chi connectivity index (χ0n) is 10.8. The van der Waals surface area contributed by atoms with Crippen molar-refractivity contribution in [2.24, 2.45) is 5.84 Å². The fourth-order valence-corrected chi connectivity index (χ4v) is 2.69. The predicted molar refractivity (Wildman–Crippen MR) is 76.5 cm³/mol. The standard InChI is InChI=1S/C14H19N3S/c1-10-4-3-5-12(6-10)7-13(17-15)8-14-9-18-11(2)16-14/h3-6,9,13,17H,7-8,15H2,1-2H3. The van der Waals surface area contributed by atoms with Gasteiger partial charge in [0.2, 0.25) is 0 Å². The van der Waals surface area contributed by atoms with E-state index in [2.05, 4.69) is 47.0 Å². The van der Waals surface area contributed by atoms with Crippen LogP contribution in [-0.4, -0.2) is 11.0 Å². The second kappa shape index (κ2) is 6.09. The van der Waals surface area contributed by atoms with Crippen LogP contribution in [0.3, 0.4) is 0 Å². The number of hydrazine groups is 1. The Labute approximate surface area is 112 Å². The summed E-state index contributed by atoms with van der Waals surface area (Å²) in [5.74, 6) is 5.64. The van der Waals surface area contributed by atoms with Gasteiger partial charge in [0.15, 0.2) is 0 Å². The van der Waals surface area contributed by atoms with Crippen LogP contribution in [0.1, 0.15) is 21.8 Å². The van der Waals surface area contributed by atoms with Gasteiger partial charge in [-0.15, -0.1) is 11.3 Å². The molecule has 0 fully saturated rings. The molecule has 1 aromatic carbocycles. The minimum atomic E-state index is 0.230. The van der Waals surface area contributed by atoms with Crippen LogP contribution in [0.2, 0.25) is 0 Å². The van der Waals surface area contributed by atoms with Crippen LogP contribution in [0.15, 0.2) is 29.6 Å². The molecule has 1 atom stereocenters. The molecular formula is C14H19N3S. The van der Waals surface area contributed by atoms with Crippen LogP contribution in [0, 0.1) is 13.8 Å². The Hall–Kier alpha value is -1.23. The maximum absolute atomic E-state index is 5.64. The molecule has 4 heteroatoms. The normalized spacial score (nSPS) is 12.6. The second-order valence-corrected chi connectivity index (χ2v) is 5.68. The first-order chi connectivity index (χ1) is 8.67. The Bertz CT molecular complexity index is 507. The fraction of sp³-hybridized carbons (Fsp3) is 0.357. The third-order valence-corrected chi connectivity index (χ3v) is 3.74.